The third-order valence-corrected chi connectivity index (χ3v) is 6.45. The Kier molecular flexibility index (Phi) is 5.10. The molecule has 31 heavy (non-hydrogen) atoms. The summed E-state index contributed by atoms with van der Waals surface area (Å²) in [4.78, 5) is 17.5. The summed E-state index contributed by atoms with van der Waals surface area (Å²) in [5.41, 5.74) is 3.67. The summed E-state index contributed by atoms with van der Waals surface area (Å²) in [5.74, 6) is 0.960. The van der Waals surface area contributed by atoms with Crippen LogP contribution in [0.2, 0.25) is 0 Å². The van der Waals surface area contributed by atoms with Crippen LogP contribution in [0.4, 0.5) is 11.4 Å². The van der Waals surface area contributed by atoms with Crippen molar-refractivity contribution in [3.05, 3.63) is 64.7 Å². The van der Waals surface area contributed by atoms with E-state index < -0.39 is 0 Å². The van der Waals surface area contributed by atoms with Crippen molar-refractivity contribution >= 4 is 11.4 Å². The first-order valence-corrected chi connectivity index (χ1v) is 10.9. The number of nitrogens with zero attached hydrogens (tertiary/aromatic N) is 4. The topological polar surface area (TPSA) is 62.9 Å². The zero-order chi connectivity index (χ0) is 21.4. The number of aromatic hydroxyl groups is 1. The van der Waals surface area contributed by atoms with Crippen LogP contribution in [0.1, 0.15) is 18.5 Å². The second kappa shape index (κ2) is 8.06. The molecular weight excluding hydrogens is 392 g/mol. The van der Waals surface area contributed by atoms with Crippen LogP contribution in [0.5, 0.6) is 11.6 Å². The Morgan fingerprint density at radius 2 is 1.32 bits per heavy atom. The lowest BCUT2D eigenvalue weighted by Gasteiger charge is -2.37. The molecule has 0 radical (unpaired) electrons. The van der Waals surface area contributed by atoms with Crippen molar-refractivity contribution < 1.29 is 9.84 Å². The number of imidazole rings is 1. The fourth-order valence-electron chi connectivity index (χ4n) is 4.68. The van der Waals surface area contributed by atoms with Crippen LogP contribution < -0.4 is 20.2 Å². The van der Waals surface area contributed by atoms with E-state index in [1.807, 2.05) is 36.4 Å². The lowest BCUT2D eigenvalue weighted by molar-refractivity contribution is 0.415. The predicted octanol–water partition coefficient (Wildman–Crippen LogP) is 3.02. The minimum Gasteiger partial charge on any atom is -0.497 e. The van der Waals surface area contributed by atoms with Crippen molar-refractivity contribution in [2.45, 2.75) is 25.8 Å². The van der Waals surface area contributed by atoms with Gasteiger partial charge in [-0.05, 0) is 67.8 Å². The van der Waals surface area contributed by atoms with Gasteiger partial charge in [0.1, 0.15) is 5.75 Å². The maximum absolute atomic E-state index is 12.8. The Balaban J connectivity index is 1.29. The van der Waals surface area contributed by atoms with E-state index >= 15 is 0 Å². The number of piperazine rings is 1. The van der Waals surface area contributed by atoms with Crippen LogP contribution in [0.25, 0.3) is 5.69 Å². The highest BCUT2D eigenvalue weighted by molar-refractivity contribution is 5.55. The fourth-order valence-corrected chi connectivity index (χ4v) is 4.68. The highest BCUT2D eigenvalue weighted by Gasteiger charge is 2.23. The Labute approximate surface area is 181 Å². The largest absolute Gasteiger partial charge is 0.497 e. The van der Waals surface area contributed by atoms with E-state index in [-0.39, 0.29) is 11.6 Å². The number of fused-ring (bicyclic) bond motifs is 1. The molecule has 0 atom stereocenters. The van der Waals surface area contributed by atoms with Crippen molar-refractivity contribution in [1.29, 1.82) is 0 Å². The van der Waals surface area contributed by atoms with Gasteiger partial charge in [0.2, 0.25) is 5.88 Å². The van der Waals surface area contributed by atoms with Gasteiger partial charge in [0.05, 0.1) is 18.5 Å². The van der Waals surface area contributed by atoms with Gasteiger partial charge in [-0.2, -0.15) is 0 Å². The standard InChI is InChI=1S/C24H28N4O3/c1-31-21-11-9-19(10-12-21)26-16-14-25(15-17-26)18-5-7-20(8-6-18)28-23(29)22-4-2-3-13-27(22)24(28)30/h5-12,29H,2-4,13-17H2,1H3. The van der Waals surface area contributed by atoms with Gasteiger partial charge in [-0.15, -0.1) is 0 Å². The number of methoxy groups -OCH3 is 1. The lowest BCUT2D eigenvalue weighted by Crippen LogP contribution is -2.46. The minimum absolute atomic E-state index is 0.0885. The molecule has 0 amide bonds. The second-order valence-corrected chi connectivity index (χ2v) is 8.19. The van der Waals surface area contributed by atoms with Crippen LogP contribution in [0, 0.1) is 0 Å². The molecule has 7 heteroatoms. The molecular formula is C24H28N4O3. The van der Waals surface area contributed by atoms with Crippen molar-refractivity contribution in [3.63, 3.8) is 0 Å². The van der Waals surface area contributed by atoms with Crippen LogP contribution >= 0.6 is 0 Å². The smallest absolute Gasteiger partial charge is 0.335 e. The third kappa shape index (κ3) is 3.54. The van der Waals surface area contributed by atoms with Crippen molar-refractivity contribution in [2.75, 3.05) is 43.1 Å². The molecule has 1 saturated heterocycles. The van der Waals surface area contributed by atoms with Gasteiger partial charge in [0.15, 0.2) is 0 Å². The summed E-state index contributed by atoms with van der Waals surface area (Å²) >= 11 is 0. The molecule has 5 rings (SSSR count). The predicted molar refractivity (Wildman–Crippen MR) is 122 cm³/mol. The molecule has 3 heterocycles. The average molecular weight is 421 g/mol. The average Bonchev–Trinajstić information content (AvgIpc) is 3.09. The van der Waals surface area contributed by atoms with E-state index in [1.165, 1.54) is 10.3 Å². The highest BCUT2D eigenvalue weighted by atomic mass is 16.5. The van der Waals surface area contributed by atoms with Gasteiger partial charge in [-0.3, -0.25) is 4.57 Å². The first-order valence-electron chi connectivity index (χ1n) is 10.9. The van der Waals surface area contributed by atoms with Crippen LogP contribution in [0.15, 0.2) is 53.3 Å². The summed E-state index contributed by atoms with van der Waals surface area (Å²) in [6, 6.07) is 16.1. The number of ether oxygens (including phenoxy) is 1. The number of hydrogen-bond donors (Lipinski definition) is 1. The Bertz CT molecular complexity index is 1110. The third-order valence-electron chi connectivity index (χ3n) is 6.45. The Morgan fingerprint density at radius 3 is 1.87 bits per heavy atom. The first kappa shape index (κ1) is 19.6. The summed E-state index contributed by atoms with van der Waals surface area (Å²) in [6.07, 6.45) is 2.75. The minimum atomic E-state index is -0.145. The summed E-state index contributed by atoms with van der Waals surface area (Å²) in [7, 11) is 1.68. The van der Waals surface area contributed by atoms with E-state index in [9.17, 15) is 9.90 Å². The highest BCUT2D eigenvalue weighted by Crippen LogP contribution is 2.27. The summed E-state index contributed by atoms with van der Waals surface area (Å²) in [6.45, 7) is 4.43. The molecule has 2 aromatic carbocycles. The molecule has 0 aliphatic carbocycles. The van der Waals surface area contributed by atoms with Crippen molar-refractivity contribution in [1.82, 2.24) is 9.13 Å². The maximum Gasteiger partial charge on any atom is 0.335 e. The molecule has 3 aromatic rings. The van der Waals surface area contributed by atoms with Crippen LogP contribution in [-0.4, -0.2) is 47.5 Å². The maximum atomic E-state index is 12.8. The number of rotatable bonds is 4. The number of hydrogen-bond acceptors (Lipinski definition) is 5. The number of benzene rings is 2. The molecule has 1 fully saturated rings. The zero-order valence-electron chi connectivity index (χ0n) is 17.8. The van der Waals surface area contributed by atoms with E-state index in [1.54, 1.807) is 11.7 Å². The SMILES string of the molecule is COc1ccc(N2CCN(c3ccc(-n4c(O)c5n(c4=O)CCCC5)cc3)CC2)cc1. The monoisotopic (exact) mass is 420 g/mol. The van der Waals surface area contributed by atoms with Crippen LogP contribution in [0.3, 0.4) is 0 Å². The lowest BCUT2D eigenvalue weighted by atomic mass is 10.1. The van der Waals surface area contributed by atoms with Crippen LogP contribution in [-0.2, 0) is 13.0 Å². The molecule has 0 unspecified atom stereocenters. The molecule has 0 bridgehead atoms. The Morgan fingerprint density at radius 1 is 0.774 bits per heavy atom. The molecule has 1 aromatic heterocycles. The molecule has 2 aliphatic rings. The quantitative estimate of drug-likeness (QED) is 0.703. The molecule has 7 nitrogen and oxygen atoms in total. The van der Waals surface area contributed by atoms with E-state index in [4.69, 9.17) is 4.74 Å². The zero-order valence-corrected chi connectivity index (χ0v) is 17.8. The van der Waals surface area contributed by atoms with Gasteiger partial charge in [-0.1, -0.05) is 0 Å². The van der Waals surface area contributed by atoms with Gasteiger partial charge >= 0.3 is 5.69 Å². The Hall–Kier alpha value is -3.35. The van der Waals surface area contributed by atoms with Crippen molar-refractivity contribution in [3.8, 4) is 17.3 Å². The van der Waals surface area contributed by atoms with Gasteiger partial charge in [0.25, 0.3) is 0 Å². The molecule has 162 valence electrons. The van der Waals surface area contributed by atoms with Crippen molar-refractivity contribution in [2.24, 2.45) is 0 Å². The van der Waals surface area contributed by atoms with Gasteiger partial charge in [0, 0.05) is 44.1 Å². The first-order chi connectivity index (χ1) is 15.2. The molecule has 2 aliphatic heterocycles. The second-order valence-electron chi connectivity index (χ2n) is 8.19. The normalized spacial score (nSPS) is 16.3. The summed E-state index contributed by atoms with van der Waals surface area (Å²) < 4.78 is 8.40. The summed E-state index contributed by atoms with van der Waals surface area (Å²) in [5, 5.41) is 10.6. The molecule has 0 spiro atoms. The van der Waals surface area contributed by atoms with E-state index in [0.29, 0.717) is 12.2 Å². The molecule has 1 N–H and O–H groups in total. The number of anilines is 2. The van der Waals surface area contributed by atoms with Gasteiger partial charge < -0.3 is 19.6 Å². The van der Waals surface area contributed by atoms with E-state index in [0.717, 1.165) is 62.6 Å². The molecule has 0 saturated carbocycles. The fraction of sp³-hybridized carbons (Fsp3) is 0.375. The van der Waals surface area contributed by atoms with Gasteiger partial charge in [-0.25, -0.2) is 9.36 Å². The number of aromatic nitrogens is 2. The van der Waals surface area contributed by atoms with E-state index in [2.05, 4.69) is 21.9 Å².